The van der Waals surface area contributed by atoms with Crippen molar-refractivity contribution in [3.8, 4) is 11.5 Å². The van der Waals surface area contributed by atoms with Gasteiger partial charge in [0.25, 0.3) is 0 Å². The zero-order valence-electron chi connectivity index (χ0n) is 13.4. The molecule has 0 fully saturated rings. The Bertz CT molecular complexity index is 821. The summed E-state index contributed by atoms with van der Waals surface area (Å²) in [6.45, 7) is 0. The van der Waals surface area contributed by atoms with E-state index in [2.05, 4.69) is 15.3 Å². The molecule has 1 N–H and O–H groups in total. The number of nitrogens with zero attached hydrogens (tertiary/aromatic N) is 3. The van der Waals surface area contributed by atoms with Crippen LogP contribution in [0.3, 0.4) is 0 Å². The first kappa shape index (κ1) is 15.7. The number of benzene rings is 2. The zero-order valence-corrected chi connectivity index (χ0v) is 13.4. The standard InChI is InChI=1S/C18H17FN4O/c1-23(2)15-7-4-8-16(10-15)24-17-11-20-18(21-12-17)22-14-6-3-5-13(19)9-14/h3-12H,1-2H3,(H,20,21,22). The third-order valence-corrected chi connectivity index (χ3v) is 3.28. The molecule has 0 aliphatic rings. The van der Waals surface area contributed by atoms with Gasteiger partial charge in [0.05, 0.1) is 12.4 Å². The number of rotatable bonds is 5. The minimum atomic E-state index is -0.319. The molecule has 24 heavy (non-hydrogen) atoms. The topological polar surface area (TPSA) is 50.3 Å². The summed E-state index contributed by atoms with van der Waals surface area (Å²) in [5.74, 6) is 1.28. The third kappa shape index (κ3) is 3.98. The molecule has 0 atom stereocenters. The Balaban J connectivity index is 1.69. The van der Waals surface area contributed by atoms with E-state index in [0.717, 1.165) is 5.69 Å². The minimum absolute atomic E-state index is 0.319. The predicted molar refractivity (Wildman–Crippen MR) is 92.6 cm³/mol. The lowest BCUT2D eigenvalue weighted by Gasteiger charge is -2.13. The summed E-state index contributed by atoms with van der Waals surface area (Å²) in [6, 6.07) is 13.8. The first-order valence-corrected chi connectivity index (χ1v) is 7.40. The van der Waals surface area contributed by atoms with Crippen molar-refractivity contribution in [3.05, 3.63) is 66.7 Å². The second kappa shape index (κ2) is 6.95. The van der Waals surface area contributed by atoms with Gasteiger partial charge in [0.1, 0.15) is 11.6 Å². The van der Waals surface area contributed by atoms with Gasteiger partial charge in [-0.25, -0.2) is 14.4 Å². The summed E-state index contributed by atoms with van der Waals surface area (Å²) < 4.78 is 18.9. The van der Waals surface area contributed by atoms with Gasteiger partial charge in [0.15, 0.2) is 5.75 Å². The van der Waals surface area contributed by atoms with Gasteiger partial charge in [0, 0.05) is 31.5 Å². The molecule has 3 aromatic rings. The molecule has 1 heterocycles. The third-order valence-electron chi connectivity index (χ3n) is 3.28. The first-order valence-electron chi connectivity index (χ1n) is 7.40. The van der Waals surface area contributed by atoms with Crippen LogP contribution in [0.15, 0.2) is 60.9 Å². The van der Waals surface area contributed by atoms with Gasteiger partial charge in [-0.2, -0.15) is 0 Å². The van der Waals surface area contributed by atoms with Crippen molar-refractivity contribution in [2.45, 2.75) is 0 Å². The monoisotopic (exact) mass is 324 g/mol. The number of ether oxygens (including phenoxy) is 1. The molecule has 0 amide bonds. The summed E-state index contributed by atoms with van der Waals surface area (Å²) in [6.07, 6.45) is 3.13. The molecular weight excluding hydrogens is 307 g/mol. The Labute approximate surface area is 139 Å². The normalized spacial score (nSPS) is 10.3. The molecule has 5 nitrogen and oxygen atoms in total. The van der Waals surface area contributed by atoms with E-state index in [1.165, 1.54) is 12.1 Å². The Hall–Kier alpha value is -3.15. The maximum Gasteiger partial charge on any atom is 0.227 e. The zero-order chi connectivity index (χ0) is 16.9. The number of aromatic nitrogens is 2. The van der Waals surface area contributed by atoms with E-state index >= 15 is 0 Å². The summed E-state index contributed by atoms with van der Waals surface area (Å²) >= 11 is 0. The van der Waals surface area contributed by atoms with E-state index in [0.29, 0.717) is 23.1 Å². The second-order valence-electron chi connectivity index (χ2n) is 5.37. The maximum atomic E-state index is 13.2. The highest BCUT2D eigenvalue weighted by molar-refractivity contribution is 5.53. The molecule has 0 aliphatic heterocycles. The Morgan fingerprint density at radius 3 is 2.42 bits per heavy atom. The molecule has 2 aromatic carbocycles. The fraction of sp³-hybridized carbons (Fsp3) is 0.111. The lowest BCUT2D eigenvalue weighted by Crippen LogP contribution is -2.08. The Morgan fingerprint density at radius 1 is 0.958 bits per heavy atom. The van der Waals surface area contributed by atoms with Crippen LogP contribution < -0.4 is 15.0 Å². The van der Waals surface area contributed by atoms with E-state index in [-0.39, 0.29) is 5.82 Å². The molecule has 0 saturated heterocycles. The molecular formula is C18H17FN4O. The summed E-state index contributed by atoms with van der Waals surface area (Å²) in [5, 5.41) is 2.94. The van der Waals surface area contributed by atoms with Gasteiger partial charge in [-0.3, -0.25) is 0 Å². The van der Waals surface area contributed by atoms with Gasteiger partial charge < -0.3 is 15.0 Å². The smallest absolute Gasteiger partial charge is 0.227 e. The van der Waals surface area contributed by atoms with Crippen LogP contribution >= 0.6 is 0 Å². The average molecular weight is 324 g/mol. The summed E-state index contributed by atoms with van der Waals surface area (Å²) in [4.78, 5) is 10.3. The maximum absolute atomic E-state index is 13.2. The largest absolute Gasteiger partial charge is 0.454 e. The van der Waals surface area contributed by atoms with Crippen molar-refractivity contribution in [2.24, 2.45) is 0 Å². The van der Waals surface area contributed by atoms with Crippen LogP contribution in [0.4, 0.5) is 21.7 Å². The summed E-state index contributed by atoms with van der Waals surface area (Å²) in [7, 11) is 3.93. The van der Waals surface area contributed by atoms with Gasteiger partial charge in [0.2, 0.25) is 5.95 Å². The van der Waals surface area contributed by atoms with E-state index in [9.17, 15) is 4.39 Å². The molecule has 0 bridgehead atoms. The molecule has 1 aromatic heterocycles. The minimum Gasteiger partial charge on any atom is -0.454 e. The van der Waals surface area contributed by atoms with Crippen molar-refractivity contribution in [3.63, 3.8) is 0 Å². The van der Waals surface area contributed by atoms with Crippen LogP contribution in [0.25, 0.3) is 0 Å². The van der Waals surface area contributed by atoms with Gasteiger partial charge in [-0.05, 0) is 30.3 Å². The van der Waals surface area contributed by atoms with Gasteiger partial charge in [-0.1, -0.05) is 12.1 Å². The van der Waals surface area contributed by atoms with Crippen LogP contribution in [0.2, 0.25) is 0 Å². The molecule has 0 aliphatic carbocycles. The predicted octanol–water partition coefficient (Wildman–Crippen LogP) is 4.22. The molecule has 0 radical (unpaired) electrons. The Kier molecular flexibility index (Phi) is 4.56. The Morgan fingerprint density at radius 2 is 1.71 bits per heavy atom. The quantitative estimate of drug-likeness (QED) is 0.761. The highest BCUT2D eigenvalue weighted by Crippen LogP contribution is 2.25. The molecule has 122 valence electrons. The number of nitrogens with one attached hydrogen (secondary N) is 1. The van der Waals surface area contributed by atoms with Gasteiger partial charge >= 0.3 is 0 Å². The van der Waals surface area contributed by atoms with Crippen molar-refractivity contribution < 1.29 is 9.13 Å². The van der Waals surface area contributed by atoms with Gasteiger partial charge in [-0.15, -0.1) is 0 Å². The number of hydrogen-bond acceptors (Lipinski definition) is 5. The fourth-order valence-corrected chi connectivity index (χ4v) is 2.09. The summed E-state index contributed by atoms with van der Waals surface area (Å²) in [5.41, 5.74) is 1.63. The van der Waals surface area contributed by atoms with E-state index in [4.69, 9.17) is 4.74 Å². The lowest BCUT2D eigenvalue weighted by atomic mass is 10.3. The lowest BCUT2D eigenvalue weighted by molar-refractivity contribution is 0.478. The highest BCUT2D eigenvalue weighted by atomic mass is 19.1. The number of hydrogen-bond donors (Lipinski definition) is 1. The first-order chi connectivity index (χ1) is 11.6. The van der Waals surface area contributed by atoms with Crippen LogP contribution in [0, 0.1) is 5.82 Å². The van der Waals surface area contributed by atoms with E-state index in [1.807, 2.05) is 43.3 Å². The molecule has 0 unspecified atom stereocenters. The van der Waals surface area contributed by atoms with Crippen molar-refractivity contribution >= 4 is 17.3 Å². The highest BCUT2D eigenvalue weighted by Gasteiger charge is 2.03. The van der Waals surface area contributed by atoms with E-state index < -0.39 is 0 Å². The van der Waals surface area contributed by atoms with Crippen molar-refractivity contribution in [1.29, 1.82) is 0 Å². The van der Waals surface area contributed by atoms with Crippen LogP contribution in [-0.2, 0) is 0 Å². The van der Waals surface area contributed by atoms with Crippen molar-refractivity contribution in [2.75, 3.05) is 24.3 Å². The van der Waals surface area contributed by atoms with Crippen LogP contribution in [-0.4, -0.2) is 24.1 Å². The fourth-order valence-electron chi connectivity index (χ4n) is 2.09. The molecule has 6 heteroatoms. The molecule has 3 rings (SSSR count). The molecule has 0 saturated carbocycles. The van der Waals surface area contributed by atoms with Crippen molar-refractivity contribution in [1.82, 2.24) is 9.97 Å². The van der Waals surface area contributed by atoms with E-state index in [1.54, 1.807) is 24.5 Å². The van der Waals surface area contributed by atoms with Crippen LogP contribution in [0.1, 0.15) is 0 Å². The van der Waals surface area contributed by atoms with Crippen LogP contribution in [0.5, 0.6) is 11.5 Å². The SMILES string of the molecule is CN(C)c1cccc(Oc2cnc(Nc3cccc(F)c3)nc2)c1. The second-order valence-corrected chi connectivity index (χ2v) is 5.37. The average Bonchev–Trinajstić information content (AvgIpc) is 2.57. The number of anilines is 3. The molecule has 0 spiro atoms. The number of halogens is 1.